The van der Waals surface area contributed by atoms with Gasteiger partial charge in [0.2, 0.25) is 5.91 Å². The van der Waals surface area contributed by atoms with E-state index >= 15 is 0 Å². The molecule has 1 aromatic heterocycles. The highest BCUT2D eigenvalue weighted by molar-refractivity contribution is 7.07. The number of aliphatic hydroxyl groups is 1. The smallest absolute Gasteiger partial charge is 0.227 e. The van der Waals surface area contributed by atoms with E-state index in [9.17, 15) is 9.90 Å². The van der Waals surface area contributed by atoms with Crippen molar-refractivity contribution in [3.63, 3.8) is 0 Å². The minimum absolute atomic E-state index is 0.0112. The molecule has 1 aliphatic rings. The first kappa shape index (κ1) is 17.1. The zero-order valence-electron chi connectivity index (χ0n) is 13.7. The molecular formula is C19H24N2O2S. The van der Waals surface area contributed by atoms with Gasteiger partial charge in [-0.2, -0.15) is 11.3 Å². The van der Waals surface area contributed by atoms with E-state index in [1.54, 1.807) is 11.3 Å². The van der Waals surface area contributed by atoms with E-state index in [2.05, 4.69) is 5.32 Å². The monoisotopic (exact) mass is 344 g/mol. The van der Waals surface area contributed by atoms with Gasteiger partial charge in [0.1, 0.15) is 0 Å². The number of hydrogen-bond acceptors (Lipinski definition) is 4. The molecule has 24 heavy (non-hydrogen) atoms. The minimum atomic E-state index is -0.638. The average Bonchev–Trinajstić information content (AvgIpc) is 3.17. The van der Waals surface area contributed by atoms with Gasteiger partial charge in [0.15, 0.2) is 0 Å². The largest absolute Gasteiger partial charge is 0.387 e. The Morgan fingerprint density at radius 2 is 2.17 bits per heavy atom. The third-order valence-electron chi connectivity index (χ3n) is 4.50. The van der Waals surface area contributed by atoms with Crippen molar-refractivity contribution in [3.8, 4) is 0 Å². The number of nitrogens with zero attached hydrogens (tertiary/aromatic N) is 1. The van der Waals surface area contributed by atoms with Crippen molar-refractivity contribution in [2.45, 2.75) is 25.5 Å². The Kier molecular flexibility index (Phi) is 6.01. The molecule has 2 atom stereocenters. The summed E-state index contributed by atoms with van der Waals surface area (Å²) in [7, 11) is 0. The van der Waals surface area contributed by atoms with Crippen molar-refractivity contribution in [1.29, 1.82) is 0 Å². The van der Waals surface area contributed by atoms with Crippen LogP contribution in [0.15, 0.2) is 47.2 Å². The molecule has 0 spiro atoms. The fraction of sp³-hybridized carbons (Fsp3) is 0.421. The van der Waals surface area contributed by atoms with E-state index in [0.717, 1.165) is 37.1 Å². The van der Waals surface area contributed by atoms with E-state index in [4.69, 9.17) is 0 Å². The second-order valence-electron chi connectivity index (χ2n) is 6.32. The van der Waals surface area contributed by atoms with E-state index in [1.165, 1.54) is 0 Å². The molecule has 1 saturated heterocycles. The molecule has 3 rings (SSSR count). The van der Waals surface area contributed by atoms with Crippen LogP contribution in [0.2, 0.25) is 0 Å². The number of piperidine rings is 1. The Morgan fingerprint density at radius 1 is 1.33 bits per heavy atom. The fourth-order valence-corrected chi connectivity index (χ4v) is 3.84. The molecule has 0 radical (unpaired) electrons. The minimum Gasteiger partial charge on any atom is -0.387 e. The molecular weight excluding hydrogens is 320 g/mol. The number of thiophene rings is 1. The van der Waals surface area contributed by atoms with Gasteiger partial charge >= 0.3 is 0 Å². The van der Waals surface area contributed by atoms with Crippen molar-refractivity contribution in [3.05, 3.63) is 58.3 Å². The van der Waals surface area contributed by atoms with Crippen LogP contribution in [0.5, 0.6) is 0 Å². The first-order chi connectivity index (χ1) is 11.7. The summed E-state index contributed by atoms with van der Waals surface area (Å²) in [6, 6.07) is 11.9. The van der Waals surface area contributed by atoms with Gasteiger partial charge < -0.3 is 15.3 Å². The lowest BCUT2D eigenvalue weighted by molar-refractivity contribution is -0.138. The van der Waals surface area contributed by atoms with Crippen LogP contribution in [-0.2, 0) is 11.3 Å². The highest BCUT2D eigenvalue weighted by atomic mass is 32.1. The Hall–Kier alpha value is -1.69. The van der Waals surface area contributed by atoms with E-state index in [0.29, 0.717) is 13.1 Å². The van der Waals surface area contributed by atoms with Crippen molar-refractivity contribution in [2.75, 3.05) is 19.6 Å². The van der Waals surface area contributed by atoms with Gasteiger partial charge in [0, 0.05) is 13.1 Å². The Balaban J connectivity index is 1.73. The summed E-state index contributed by atoms with van der Waals surface area (Å²) < 4.78 is 0. The summed E-state index contributed by atoms with van der Waals surface area (Å²) >= 11 is 1.56. The van der Waals surface area contributed by atoms with Gasteiger partial charge in [-0.3, -0.25) is 4.79 Å². The third kappa shape index (κ3) is 4.44. The van der Waals surface area contributed by atoms with Gasteiger partial charge in [-0.1, -0.05) is 30.3 Å². The molecule has 2 N–H and O–H groups in total. The predicted molar refractivity (Wildman–Crippen MR) is 96.7 cm³/mol. The molecule has 1 aliphatic heterocycles. The highest BCUT2D eigenvalue weighted by Gasteiger charge is 2.27. The third-order valence-corrected chi connectivity index (χ3v) is 5.20. The van der Waals surface area contributed by atoms with Crippen LogP contribution >= 0.6 is 11.3 Å². The number of amides is 1. The van der Waals surface area contributed by atoms with Crippen LogP contribution < -0.4 is 5.32 Å². The molecule has 2 heterocycles. The second-order valence-corrected chi connectivity index (χ2v) is 7.10. The number of hydrogen-bond donors (Lipinski definition) is 2. The zero-order valence-corrected chi connectivity index (χ0v) is 14.5. The number of aliphatic hydroxyl groups excluding tert-OH is 1. The Bertz CT molecular complexity index is 624. The number of benzene rings is 1. The normalized spacial score (nSPS) is 19.0. The highest BCUT2D eigenvalue weighted by Crippen LogP contribution is 2.21. The summed E-state index contributed by atoms with van der Waals surface area (Å²) in [5, 5.41) is 17.7. The molecule has 1 aromatic carbocycles. The van der Waals surface area contributed by atoms with Gasteiger partial charge in [-0.15, -0.1) is 0 Å². The van der Waals surface area contributed by atoms with E-state index < -0.39 is 6.10 Å². The molecule has 0 bridgehead atoms. The standard InChI is InChI=1S/C19H24N2O2S/c22-18(17-8-10-24-14-17)13-21(12-15-5-2-1-3-6-15)19(23)16-7-4-9-20-11-16/h1-3,5-6,8,10,14,16,18,20,22H,4,7,9,11-13H2/t16-,18+/m1/s1. The maximum Gasteiger partial charge on any atom is 0.227 e. The molecule has 128 valence electrons. The quantitative estimate of drug-likeness (QED) is 0.847. The second kappa shape index (κ2) is 8.42. The molecule has 2 aromatic rings. The van der Waals surface area contributed by atoms with Crippen molar-refractivity contribution in [1.82, 2.24) is 10.2 Å². The number of nitrogens with one attached hydrogen (secondary N) is 1. The van der Waals surface area contributed by atoms with Gasteiger partial charge in [0.05, 0.1) is 18.6 Å². The molecule has 0 unspecified atom stereocenters. The average molecular weight is 344 g/mol. The molecule has 0 aliphatic carbocycles. The summed E-state index contributed by atoms with van der Waals surface area (Å²) in [6.45, 7) is 2.59. The van der Waals surface area contributed by atoms with Crippen LogP contribution in [0.25, 0.3) is 0 Å². The summed E-state index contributed by atoms with van der Waals surface area (Å²) in [5.41, 5.74) is 1.97. The van der Waals surface area contributed by atoms with Crippen molar-refractivity contribution < 1.29 is 9.90 Å². The molecule has 4 nitrogen and oxygen atoms in total. The SMILES string of the molecule is O=C([C@@H]1CCCNC1)N(Cc1ccccc1)C[C@H](O)c1ccsc1. The molecule has 1 amide bonds. The number of rotatable bonds is 6. The molecule has 0 saturated carbocycles. The number of carbonyl (C=O) groups excluding carboxylic acids is 1. The van der Waals surface area contributed by atoms with Crippen LogP contribution in [0.4, 0.5) is 0 Å². The Morgan fingerprint density at radius 3 is 2.83 bits per heavy atom. The number of carbonyl (C=O) groups is 1. The fourth-order valence-electron chi connectivity index (χ4n) is 3.14. The predicted octanol–water partition coefficient (Wildman–Crippen LogP) is 2.81. The summed E-state index contributed by atoms with van der Waals surface area (Å²) in [4.78, 5) is 14.8. The van der Waals surface area contributed by atoms with Gasteiger partial charge in [0.25, 0.3) is 0 Å². The van der Waals surface area contributed by atoms with E-state index in [1.807, 2.05) is 52.1 Å². The van der Waals surface area contributed by atoms with Gasteiger partial charge in [-0.05, 0) is 47.3 Å². The van der Waals surface area contributed by atoms with Crippen molar-refractivity contribution >= 4 is 17.2 Å². The lowest BCUT2D eigenvalue weighted by Crippen LogP contribution is -2.44. The lowest BCUT2D eigenvalue weighted by atomic mass is 9.97. The van der Waals surface area contributed by atoms with Crippen LogP contribution in [0.3, 0.4) is 0 Å². The Labute approximate surface area is 147 Å². The molecule has 5 heteroatoms. The topological polar surface area (TPSA) is 52.6 Å². The van der Waals surface area contributed by atoms with Crippen LogP contribution in [-0.4, -0.2) is 35.5 Å². The maximum atomic E-state index is 13.0. The summed E-state index contributed by atoms with van der Waals surface area (Å²) in [6.07, 6.45) is 1.31. The van der Waals surface area contributed by atoms with Gasteiger partial charge in [-0.25, -0.2) is 0 Å². The first-order valence-corrected chi connectivity index (χ1v) is 9.42. The van der Waals surface area contributed by atoms with Crippen molar-refractivity contribution in [2.24, 2.45) is 5.92 Å². The van der Waals surface area contributed by atoms with E-state index in [-0.39, 0.29) is 11.8 Å². The first-order valence-electron chi connectivity index (χ1n) is 8.47. The lowest BCUT2D eigenvalue weighted by Gasteiger charge is -2.31. The summed E-state index contributed by atoms with van der Waals surface area (Å²) in [5.74, 6) is 0.150. The maximum absolute atomic E-state index is 13.0. The van der Waals surface area contributed by atoms with Crippen LogP contribution in [0.1, 0.15) is 30.1 Å². The zero-order chi connectivity index (χ0) is 16.8. The van der Waals surface area contributed by atoms with Crippen LogP contribution in [0, 0.1) is 5.92 Å². The molecule has 1 fully saturated rings.